The number of halogens is 4. The van der Waals surface area contributed by atoms with Crippen LogP contribution in [0.5, 0.6) is 0 Å². The zero-order chi connectivity index (χ0) is 26.3. The molecule has 5 rings (SSSR count). The third kappa shape index (κ3) is 5.22. The predicted molar refractivity (Wildman–Crippen MR) is 127 cm³/mol. The molecule has 0 saturated carbocycles. The molecule has 0 aliphatic carbocycles. The minimum absolute atomic E-state index is 0.0390. The Balaban J connectivity index is 1.32. The smallest absolute Gasteiger partial charge is 0.425 e. The van der Waals surface area contributed by atoms with Crippen molar-refractivity contribution >= 4 is 34.8 Å². The highest BCUT2D eigenvalue weighted by molar-refractivity contribution is 7.15. The normalized spacial score (nSPS) is 15.9. The molecule has 0 spiro atoms. The summed E-state index contributed by atoms with van der Waals surface area (Å²) in [7, 11) is 0. The number of carbonyl (C=O) groups excluding carboxylic acids is 2. The number of benzene rings is 1. The first kappa shape index (κ1) is 24.9. The SMILES string of the molecule is CC(OC(=O)N1CCc2sc(-c3ncc(F)c(Nc4ccc5c(c4)CCNC5=O)n3)cc2C1)C(F)(F)F. The van der Waals surface area contributed by atoms with Crippen molar-refractivity contribution in [3.8, 4) is 10.7 Å². The molecular formula is C24H21F4N5O3S. The van der Waals surface area contributed by atoms with Gasteiger partial charge in [0.2, 0.25) is 0 Å². The molecule has 1 atom stereocenters. The van der Waals surface area contributed by atoms with E-state index in [-0.39, 0.29) is 30.6 Å². The van der Waals surface area contributed by atoms with Gasteiger partial charge in [0.1, 0.15) is 0 Å². The minimum Gasteiger partial charge on any atom is -0.437 e. The van der Waals surface area contributed by atoms with Crippen molar-refractivity contribution in [2.75, 3.05) is 18.4 Å². The van der Waals surface area contributed by atoms with Gasteiger partial charge in [-0.3, -0.25) is 4.79 Å². The van der Waals surface area contributed by atoms with Crippen molar-refractivity contribution in [2.24, 2.45) is 0 Å². The van der Waals surface area contributed by atoms with Gasteiger partial charge in [0.05, 0.1) is 17.6 Å². The van der Waals surface area contributed by atoms with Gasteiger partial charge in [-0.1, -0.05) is 0 Å². The zero-order valence-electron chi connectivity index (χ0n) is 19.5. The number of thiophene rings is 1. The number of ether oxygens (including phenoxy) is 1. The summed E-state index contributed by atoms with van der Waals surface area (Å²) in [4.78, 5) is 35.4. The average molecular weight is 536 g/mol. The Kier molecular flexibility index (Phi) is 6.48. The fourth-order valence-corrected chi connectivity index (χ4v) is 5.21. The van der Waals surface area contributed by atoms with E-state index in [1.807, 2.05) is 0 Å². The second kappa shape index (κ2) is 9.61. The number of carbonyl (C=O) groups is 2. The van der Waals surface area contributed by atoms with E-state index in [0.29, 0.717) is 35.5 Å². The topological polar surface area (TPSA) is 96.5 Å². The Labute approximate surface area is 212 Å². The Hall–Kier alpha value is -3.74. The highest BCUT2D eigenvalue weighted by Crippen LogP contribution is 2.35. The summed E-state index contributed by atoms with van der Waals surface area (Å²) in [5.74, 6) is -0.580. The van der Waals surface area contributed by atoms with Gasteiger partial charge in [-0.05, 0) is 55.2 Å². The molecule has 2 aliphatic heterocycles. The summed E-state index contributed by atoms with van der Waals surface area (Å²) in [6.07, 6.45) is -5.72. The van der Waals surface area contributed by atoms with Crippen LogP contribution in [0, 0.1) is 5.82 Å². The van der Waals surface area contributed by atoms with Crippen molar-refractivity contribution in [2.45, 2.75) is 38.6 Å². The quantitative estimate of drug-likeness (QED) is 0.465. The van der Waals surface area contributed by atoms with Gasteiger partial charge in [0.15, 0.2) is 23.6 Å². The first-order chi connectivity index (χ1) is 17.6. The Bertz CT molecular complexity index is 1380. The molecule has 2 aromatic heterocycles. The maximum absolute atomic E-state index is 14.5. The number of amides is 2. The standard InChI is InChI=1S/C24H21F4N5O3S/c1-12(24(26,27)28)36-23(35)33-7-5-18-14(11-33)9-19(37-18)21-30-10-17(25)20(32-21)31-15-2-3-16-13(8-15)4-6-29-22(16)34/h2-3,8-10,12H,4-7,11H2,1H3,(H,29,34)(H,30,31,32). The summed E-state index contributed by atoms with van der Waals surface area (Å²) < 4.78 is 57.3. The number of nitrogens with zero attached hydrogens (tertiary/aromatic N) is 3. The maximum Gasteiger partial charge on any atom is 0.425 e. The number of fused-ring (bicyclic) bond motifs is 2. The summed E-state index contributed by atoms with van der Waals surface area (Å²) in [5, 5.41) is 5.72. The number of rotatable bonds is 4. The summed E-state index contributed by atoms with van der Waals surface area (Å²) in [6, 6.07) is 6.88. The molecule has 8 nitrogen and oxygen atoms in total. The molecule has 0 radical (unpaired) electrons. The molecule has 194 valence electrons. The minimum atomic E-state index is -4.63. The molecule has 2 amide bonds. The van der Waals surface area contributed by atoms with Crippen molar-refractivity contribution in [1.82, 2.24) is 20.2 Å². The average Bonchev–Trinajstić information content (AvgIpc) is 3.28. The molecule has 1 aromatic carbocycles. The van der Waals surface area contributed by atoms with E-state index in [9.17, 15) is 27.2 Å². The Morgan fingerprint density at radius 3 is 2.84 bits per heavy atom. The highest BCUT2D eigenvalue weighted by Gasteiger charge is 2.40. The lowest BCUT2D eigenvalue weighted by atomic mass is 10.00. The third-order valence-corrected chi connectivity index (χ3v) is 7.35. The largest absolute Gasteiger partial charge is 0.437 e. The van der Waals surface area contributed by atoms with Gasteiger partial charge >= 0.3 is 12.3 Å². The van der Waals surface area contributed by atoms with Crippen LogP contribution in [0.2, 0.25) is 0 Å². The fourth-order valence-electron chi connectivity index (χ4n) is 4.11. The third-order valence-electron chi connectivity index (χ3n) is 6.12. The predicted octanol–water partition coefficient (Wildman–Crippen LogP) is 4.82. The van der Waals surface area contributed by atoms with Gasteiger partial charge in [0, 0.05) is 29.2 Å². The van der Waals surface area contributed by atoms with E-state index in [4.69, 9.17) is 0 Å². The van der Waals surface area contributed by atoms with Crippen LogP contribution in [0.4, 0.5) is 33.9 Å². The molecule has 13 heteroatoms. The summed E-state index contributed by atoms with van der Waals surface area (Å²) in [6.45, 7) is 1.61. The first-order valence-electron chi connectivity index (χ1n) is 11.4. The number of alkyl halides is 3. The maximum atomic E-state index is 14.5. The van der Waals surface area contributed by atoms with Crippen LogP contribution in [0.15, 0.2) is 30.5 Å². The van der Waals surface area contributed by atoms with Crippen LogP contribution in [-0.2, 0) is 24.1 Å². The van der Waals surface area contributed by atoms with Crippen molar-refractivity contribution < 1.29 is 31.9 Å². The van der Waals surface area contributed by atoms with Gasteiger partial charge in [0.25, 0.3) is 5.91 Å². The number of aromatic nitrogens is 2. The van der Waals surface area contributed by atoms with Gasteiger partial charge in [-0.25, -0.2) is 19.2 Å². The second-order valence-electron chi connectivity index (χ2n) is 8.69. The first-order valence-corrected chi connectivity index (χ1v) is 12.2. The molecule has 37 heavy (non-hydrogen) atoms. The van der Waals surface area contributed by atoms with Crippen molar-refractivity contribution in [3.63, 3.8) is 0 Å². The highest BCUT2D eigenvalue weighted by atomic mass is 32.1. The van der Waals surface area contributed by atoms with Gasteiger partial charge in [-0.15, -0.1) is 11.3 Å². The van der Waals surface area contributed by atoms with E-state index in [0.717, 1.165) is 29.1 Å². The molecule has 1 unspecified atom stereocenters. The summed E-state index contributed by atoms with van der Waals surface area (Å²) in [5.41, 5.74) is 2.75. The molecule has 0 saturated heterocycles. The van der Waals surface area contributed by atoms with E-state index in [1.54, 1.807) is 24.3 Å². The lowest BCUT2D eigenvalue weighted by Gasteiger charge is -2.28. The van der Waals surface area contributed by atoms with Crippen LogP contribution in [-0.4, -0.2) is 52.2 Å². The molecule has 2 N–H and O–H groups in total. The van der Waals surface area contributed by atoms with Gasteiger partial charge < -0.3 is 20.3 Å². The molecule has 2 aliphatic rings. The van der Waals surface area contributed by atoms with E-state index >= 15 is 0 Å². The lowest BCUT2D eigenvalue weighted by Crippen LogP contribution is -2.40. The van der Waals surface area contributed by atoms with E-state index in [2.05, 4.69) is 25.3 Å². The zero-order valence-corrected chi connectivity index (χ0v) is 20.3. The molecule has 0 fully saturated rings. The van der Waals surface area contributed by atoms with Crippen LogP contribution < -0.4 is 10.6 Å². The van der Waals surface area contributed by atoms with Crippen LogP contribution in [0.25, 0.3) is 10.7 Å². The number of hydrogen-bond acceptors (Lipinski definition) is 7. The molecule has 4 heterocycles. The summed E-state index contributed by atoms with van der Waals surface area (Å²) >= 11 is 1.38. The van der Waals surface area contributed by atoms with Crippen LogP contribution in [0.3, 0.4) is 0 Å². The van der Waals surface area contributed by atoms with Crippen molar-refractivity contribution in [1.29, 1.82) is 0 Å². The lowest BCUT2D eigenvalue weighted by molar-refractivity contribution is -0.199. The van der Waals surface area contributed by atoms with Crippen LogP contribution >= 0.6 is 11.3 Å². The van der Waals surface area contributed by atoms with Crippen molar-refractivity contribution in [3.05, 3.63) is 57.8 Å². The molecule has 0 bridgehead atoms. The Morgan fingerprint density at radius 1 is 1.24 bits per heavy atom. The Morgan fingerprint density at radius 2 is 2.05 bits per heavy atom. The second-order valence-corrected chi connectivity index (χ2v) is 9.83. The van der Waals surface area contributed by atoms with Gasteiger partial charge in [-0.2, -0.15) is 13.2 Å². The number of nitrogens with one attached hydrogen (secondary N) is 2. The molecule has 3 aromatic rings. The van der Waals surface area contributed by atoms with E-state index < -0.39 is 24.2 Å². The molecular weight excluding hydrogens is 514 g/mol. The number of anilines is 2. The number of hydrogen-bond donors (Lipinski definition) is 2. The van der Waals surface area contributed by atoms with Crippen LogP contribution in [0.1, 0.15) is 33.3 Å². The van der Waals surface area contributed by atoms with E-state index in [1.165, 1.54) is 16.2 Å². The monoisotopic (exact) mass is 535 g/mol. The fraction of sp³-hybridized carbons (Fsp3) is 0.333.